The molecular weight excluding hydrogens is 140 g/mol. The molecule has 1 aromatic rings. The molecule has 0 amide bonds. The Morgan fingerprint density at radius 2 is 2.36 bits per heavy atom. The van der Waals surface area contributed by atoms with Gasteiger partial charge >= 0.3 is 0 Å². The SMILES string of the molecule is CCCCOc1ccoc1C. The fourth-order valence-electron chi connectivity index (χ4n) is 0.850. The average Bonchev–Trinajstić information content (AvgIpc) is 2.37. The highest BCUT2D eigenvalue weighted by molar-refractivity contribution is 5.22. The molecule has 0 atom stereocenters. The minimum absolute atomic E-state index is 0.789. The zero-order valence-electron chi connectivity index (χ0n) is 7.09. The van der Waals surface area contributed by atoms with Gasteiger partial charge in [0, 0.05) is 6.07 Å². The molecule has 0 aliphatic carbocycles. The summed E-state index contributed by atoms with van der Waals surface area (Å²) in [6.45, 7) is 4.84. The van der Waals surface area contributed by atoms with Crippen LogP contribution in [0.25, 0.3) is 0 Å². The van der Waals surface area contributed by atoms with Crippen LogP contribution >= 0.6 is 0 Å². The average molecular weight is 154 g/mol. The first-order valence-corrected chi connectivity index (χ1v) is 4.01. The molecule has 0 unspecified atom stereocenters. The molecule has 0 aliphatic heterocycles. The van der Waals surface area contributed by atoms with Crippen molar-refractivity contribution in [3.8, 4) is 5.75 Å². The van der Waals surface area contributed by atoms with Gasteiger partial charge in [0.15, 0.2) is 5.75 Å². The zero-order chi connectivity index (χ0) is 8.10. The van der Waals surface area contributed by atoms with Gasteiger partial charge in [0.1, 0.15) is 5.76 Å². The maximum absolute atomic E-state index is 5.42. The first-order valence-electron chi connectivity index (χ1n) is 4.01. The van der Waals surface area contributed by atoms with Crippen molar-refractivity contribution in [2.45, 2.75) is 26.7 Å². The Bertz CT molecular complexity index is 203. The third kappa shape index (κ3) is 2.30. The van der Waals surface area contributed by atoms with Crippen LogP contribution < -0.4 is 4.74 Å². The Morgan fingerprint density at radius 1 is 1.55 bits per heavy atom. The summed E-state index contributed by atoms with van der Waals surface area (Å²) < 4.78 is 10.5. The van der Waals surface area contributed by atoms with Gasteiger partial charge in [-0.05, 0) is 13.3 Å². The Labute approximate surface area is 67.2 Å². The van der Waals surface area contributed by atoms with Gasteiger partial charge in [-0.2, -0.15) is 0 Å². The van der Waals surface area contributed by atoms with E-state index in [4.69, 9.17) is 9.15 Å². The molecular formula is C9H14O2. The smallest absolute Gasteiger partial charge is 0.160 e. The molecule has 0 aliphatic rings. The van der Waals surface area contributed by atoms with Crippen LogP contribution in [0, 0.1) is 6.92 Å². The van der Waals surface area contributed by atoms with Crippen LogP contribution in [0.3, 0.4) is 0 Å². The fourth-order valence-corrected chi connectivity index (χ4v) is 0.850. The van der Waals surface area contributed by atoms with Gasteiger partial charge in [-0.1, -0.05) is 13.3 Å². The van der Waals surface area contributed by atoms with Gasteiger partial charge in [0.25, 0.3) is 0 Å². The van der Waals surface area contributed by atoms with Crippen molar-refractivity contribution in [1.82, 2.24) is 0 Å². The number of rotatable bonds is 4. The molecule has 0 bridgehead atoms. The largest absolute Gasteiger partial charge is 0.490 e. The molecule has 1 rings (SSSR count). The standard InChI is InChI=1S/C9H14O2/c1-3-4-6-11-9-5-7-10-8(9)2/h5,7H,3-4,6H2,1-2H3. The van der Waals surface area contributed by atoms with Crippen LogP contribution in [0.1, 0.15) is 25.5 Å². The molecule has 0 saturated carbocycles. The maximum Gasteiger partial charge on any atom is 0.160 e. The van der Waals surface area contributed by atoms with Gasteiger partial charge in [-0.3, -0.25) is 0 Å². The number of ether oxygens (including phenoxy) is 1. The van der Waals surface area contributed by atoms with Crippen LogP contribution in [0.15, 0.2) is 16.7 Å². The minimum Gasteiger partial charge on any atom is -0.490 e. The molecule has 0 saturated heterocycles. The highest BCUT2D eigenvalue weighted by atomic mass is 16.5. The van der Waals surface area contributed by atoms with Crippen molar-refractivity contribution < 1.29 is 9.15 Å². The van der Waals surface area contributed by atoms with Crippen molar-refractivity contribution in [2.75, 3.05) is 6.61 Å². The Morgan fingerprint density at radius 3 is 2.91 bits per heavy atom. The van der Waals surface area contributed by atoms with Crippen molar-refractivity contribution in [1.29, 1.82) is 0 Å². The van der Waals surface area contributed by atoms with E-state index in [1.807, 2.05) is 13.0 Å². The summed E-state index contributed by atoms with van der Waals surface area (Å²) in [5, 5.41) is 0. The van der Waals surface area contributed by atoms with Crippen LogP contribution in [-0.2, 0) is 0 Å². The normalized spacial score (nSPS) is 10.0. The molecule has 2 heteroatoms. The topological polar surface area (TPSA) is 22.4 Å². The van der Waals surface area contributed by atoms with E-state index in [1.54, 1.807) is 6.26 Å². The number of aryl methyl sites for hydroxylation is 1. The molecule has 0 aromatic carbocycles. The monoisotopic (exact) mass is 154 g/mol. The molecule has 11 heavy (non-hydrogen) atoms. The lowest BCUT2D eigenvalue weighted by Crippen LogP contribution is -1.95. The molecule has 1 aromatic heterocycles. The lowest BCUT2D eigenvalue weighted by molar-refractivity contribution is 0.302. The summed E-state index contributed by atoms with van der Waals surface area (Å²) in [5.41, 5.74) is 0. The Balaban J connectivity index is 2.32. The minimum atomic E-state index is 0.789. The van der Waals surface area contributed by atoms with Crippen LogP contribution in [0.2, 0.25) is 0 Å². The number of furan rings is 1. The van der Waals surface area contributed by atoms with Gasteiger partial charge in [-0.15, -0.1) is 0 Å². The predicted octanol–water partition coefficient (Wildman–Crippen LogP) is 2.77. The third-order valence-electron chi connectivity index (χ3n) is 1.57. The van der Waals surface area contributed by atoms with E-state index in [2.05, 4.69) is 6.92 Å². The van der Waals surface area contributed by atoms with Gasteiger partial charge in [0.05, 0.1) is 12.9 Å². The second-order valence-electron chi connectivity index (χ2n) is 2.54. The summed E-state index contributed by atoms with van der Waals surface area (Å²) in [5.74, 6) is 1.74. The zero-order valence-corrected chi connectivity index (χ0v) is 7.09. The van der Waals surface area contributed by atoms with Crippen molar-refractivity contribution in [2.24, 2.45) is 0 Å². The summed E-state index contributed by atoms with van der Waals surface area (Å²) in [6, 6.07) is 1.85. The van der Waals surface area contributed by atoms with E-state index in [9.17, 15) is 0 Å². The fraction of sp³-hybridized carbons (Fsp3) is 0.556. The summed E-state index contributed by atoms with van der Waals surface area (Å²) in [7, 11) is 0. The number of unbranched alkanes of at least 4 members (excludes halogenated alkanes) is 1. The Kier molecular flexibility index (Phi) is 3.02. The van der Waals surface area contributed by atoms with E-state index >= 15 is 0 Å². The molecule has 0 radical (unpaired) electrons. The lowest BCUT2D eigenvalue weighted by atomic mass is 10.3. The summed E-state index contributed by atoms with van der Waals surface area (Å²) >= 11 is 0. The lowest BCUT2D eigenvalue weighted by Gasteiger charge is -2.01. The molecule has 62 valence electrons. The number of hydrogen-bond acceptors (Lipinski definition) is 2. The second kappa shape index (κ2) is 4.06. The van der Waals surface area contributed by atoms with Gasteiger partial charge < -0.3 is 9.15 Å². The van der Waals surface area contributed by atoms with Crippen LogP contribution in [-0.4, -0.2) is 6.61 Å². The van der Waals surface area contributed by atoms with Crippen molar-refractivity contribution in [3.05, 3.63) is 18.1 Å². The van der Waals surface area contributed by atoms with E-state index < -0.39 is 0 Å². The van der Waals surface area contributed by atoms with E-state index in [1.165, 1.54) is 0 Å². The first-order chi connectivity index (χ1) is 5.34. The molecule has 0 N–H and O–H groups in total. The van der Waals surface area contributed by atoms with E-state index in [-0.39, 0.29) is 0 Å². The van der Waals surface area contributed by atoms with E-state index in [0.717, 1.165) is 31.0 Å². The highest BCUT2D eigenvalue weighted by Crippen LogP contribution is 2.17. The van der Waals surface area contributed by atoms with E-state index in [0.29, 0.717) is 0 Å². The van der Waals surface area contributed by atoms with Crippen LogP contribution in [0.5, 0.6) is 5.75 Å². The molecule has 0 spiro atoms. The Hall–Kier alpha value is -0.920. The van der Waals surface area contributed by atoms with Crippen molar-refractivity contribution in [3.63, 3.8) is 0 Å². The highest BCUT2D eigenvalue weighted by Gasteiger charge is 1.99. The molecule has 0 fully saturated rings. The maximum atomic E-state index is 5.42. The predicted molar refractivity (Wildman–Crippen MR) is 43.8 cm³/mol. The van der Waals surface area contributed by atoms with Crippen molar-refractivity contribution >= 4 is 0 Å². The number of hydrogen-bond donors (Lipinski definition) is 0. The second-order valence-corrected chi connectivity index (χ2v) is 2.54. The van der Waals surface area contributed by atoms with Gasteiger partial charge in [-0.25, -0.2) is 0 Å². The first kappa shape index (κ1) is 8.18. The molecule has 1 heterocycles. The van der Waals surface area contributed by atoms with Gasteiger partial charge in [0.2, 0.25) is 0 Å². The van der Waals surface area contributed by atoms with Crippen LogP contribution in [0.4, 0.5) is 0 Å². The summed E-state index contributed by atoms with van der Waals surface area (Å²) in [6.07, 6.45) is 3.91. The summed E-state index contributed by atoms with van der Waals surface area (Å²) in [4.78, 5) is 0. The quantitative estimate of drug-likeness (QED) is 0.622. The molecule has 2 nitrogen and oxygen atoms in total. The third-order valence-corrected chi connectivity index (χ3v) is 1.57.